The Morgan fingerprint density at radius 3 is 2.26 bits per heavy atom. The first kappa shape index (κ1) is 21.4. The van der Waals surface area contributed by atoms with Crippen molar-refractivity contribution in [1.29, 1.82) is 5.26 Å². The van der Waals surface area contributed by atoms with E-state index in [0.717, 1.165) is 33.7 Å². The van der Waals surface area contributed by atoms with Crippen molar-refractivity contribution >= 4 is 23.7 Å². The molecule has 0 saturated heterocycles. The van der Waals surface area contributed by atoms with Gasteiger partial charge in [0.15, 0.2) is 5.82 Å². The molecule has 1 N–H and O–H groups in total. The summed E-state index contributed by atoms with van der Waals surface area (Å²) in [5, 5.41) is 12.2. The molecule has 0 radical (unpaired) electrons. The minimum Gasteiger partial charge on any atom is -0.438 e. The van der Waals surface area contributed by atoms with Crippen LogP contribution in [0.5, 0.6) is 11.6 Å². The first-order valence-electron chi connectivity index (χ1n) is 11.1. The van der Waals surface area contributed by atoms with Crippen LogP contribution < -0.4 is 10.1 Å². The molecule has 0 spiro atoms. The van der Waals surface area contributed by atoms with Crippen LogP contribution in [0.15, 0.2) is 65.7 Å². The number of nitriles is 1. The molecule has 6 heteroatoms. The van der Waals surface area contributed by atoms with Crippen molar-refractivity contribution in [1.82, 2.24) is 9.97 Å². The van der Waals surface area contributed by atoms with E-state index in [9.17, 15) is 0 Å². The Morgan fingerprint density at radius 1 is 0.882 bits per heavy atom. The zero-order valence-electron chi connectivity index (χ0n) is 19.3. The molecular weight excluding hydrogens is 422 g/mol. The van der Waals surface area contributed by atoms with Gasteiger partial charge >= 0.3 is 0 Å². The number of aliphatic imine (C=N–C) groups is 1. The fraction of sp³-hybridized carbons (Fsp3) is 0.143. The third-order valence-corrected chi connectivity index (χ3v) is 5.77. The van der Waals surface area contributed by atoms with Gasteiger partial charge in [0.1, 0.15) is 5.75 Å². The van der Waals surface area contributed by atoms with Gasteiger partial charge in [-0.25, -0.2) is 4.99 Å². The van der Waals surface area contributed by atoms with Gasteiger partial charge in [-0.3, -0.25) is 0 Å². The van der Waals surface area contributed by atoms with Crippen molar-refractivity contribution in [3.63, 3.8) is 0 Å². The third-order valence-electron chi connectivity index (χ3n) is 5.77. The van der Waals surface area contributed by atoms with Crippen LogP contribution in [0, 0.1) is 32.1 Å². The van der Waals surface area contributed by atoms with E-state index in [1.54, 1.807) is 12.1 Å². The lowest BCUT2D eigenvalue weighted by atomic mass is 9.99. The second kappa shape index (κ2) is 8.80. The number of ether oxygens (including phenoxy) is 1. The van der Waals surface area contributed by atoms with E-state index in [-0.39, 0.29) is 0 Å². The predicted molar refractivity (Wildman–Crippen MR) is 134 cm³/mol. The number of aromatic nitrogens is 2. The lowest BCUT2D eigenvalue weighted by Crippen LogP contribution is -2.03. The van der Waals surface area contributed by atoms with Crippen LogP contribution in [0.1, 0.15) is 27.8 Å². The Balaban J connectivity index is 1.47. The molecule has 0 amide bonds. The molecule has 2 heterocycles. The highest BCUT2D eigenvalue weighted by Gasteiger charge is 2.20. The molecule has 6 nitrogen and oxygen atoms in total. The van der Waals surface area contributed by atoms with Gasteiger partial charge in [-0.05, 0) is 79.4 Å². The monoisotopic (exact) mass is 445 g/mol. The summed E-state index contributed by atoms with van der Waals surface area (Å²) in [6.07, 6.45) is 2.44. The smallest absolute Gasteiger partial charge is 0.232 e. The summed E-state index contributed by atoms with van der Waals surface area (Å²) in [4.78, 5) is 13.6. The number of nitrogens with zero attached hydrogens (tertiary/aromatic N) is 4. The molecule has 0 atom stereocenters. The lowest BCUT2D eigenvalue weighted by molar-refractivity contribution is 0.451. The Bertz CT molecular complexity index is 1430. The third kappa shape index (κ3) is 4.24. The van der Waals surface area contributed by atoms with Crippen LogP contribution in [-0.4, -0.2) is 16.2 Å². The van der Waals surface area contributed by atoms with E-state index in [1.807, 2.05) is 32.2 Å². The van der Waals surface area contributed by atoms with Gasteiger partial charge in [0.2, 0.25) is 11.8 Å². The van der Waals surface area contributed by atoms with E-state index >= 15 is 0 Å². The van der Waals surface area contributed by atoms with E-state index in [2.05, 4.69) is 69.7 Å². The van der Waals surface area contributed by atoms with Gasteiger partial charge in [-0.15, -0.1) is 0 Å². The van der Waals surface area contributed by atoms with Crippen LogP contribution >= 0.6 is 0 Å². The zero-order chi connectivity index (χ0) is 23.7. The SMILES string of the molecule is Cc1ccc(-c2cc(C)c(Oc3nc(Nc4ccc(C#N)cc4)nc4c3CC=N4)c(C)c2)cc1. The molecule has 5 rings (SSSR count). The maximum atomic E-state index is 9.01. The van der Waals surface area contributed by atoms with Gasteiger partial charge in [0, 0.05) is 18.3 Å². The molecule has 0 fully saturated rings. The fourth-order valence-corrected chi connectivity index (χ4v) is 3.98. The number of aryl methyl sites for hydroxylation is 3. The molecule has 34 heavy (non-hydrogen) atoms. The molecule has 1 aliphatic heterocycles. The minimum absolute atomic E-state index is 0.393. The predicted octanol–water partition coefficient (Wildman–Crippen LogP) is 6.73. The molecule has 0 saturated carbocycles. The quantitative estimate of drug-likeness (QED) is 0.368. The number of hydrogen-bond donors (Lipinski definition) is 1. The maximum absolute atomic E-state index is 9.01. The van der Waals surface area contributed by atoms with E-state index in [1.165, 1.54) is 11.1 Å². The van der Waals surface area contributed by atoms with Crippen molar-refractivity contribution in [2.75, 3.05) is 5.32 Å². The van der Waals surface area contributed by atoms with E-state index in [0.29, 0.717) is 29.6 Å². The second-order valence-corrected chi connectivity index (χ2v) is 8.39. The highest BCUT2D eigenvalue weighted by atomic mass is 16.5. The standard InChI is InChI=1S/C28H23N5O/c1-17-4-8-21(9-5-17)22-14-18(2)25(19(3)15-22)34-27-24-12-13-30-26(24)32-28(33-27)31-23-10-6-20(16-29)7-11-23/h4-11,13-15H,12H2,1-3H3,(H,31,32,33). The molecule has 1 aliphatic rings. The summed E-state index contributed by atoms with van der Waals surface area (Å²) < 4.78 is 6.39. The first-order valence-corrected chi connectivity index (χ1v) is 11.1. The average Bonchev–Trinajstić information content (AvgIpc) is 3.31. The average molecular weight is 446 g/mol. The summed E-state index contributed by atoms with van der Waals surface area (Å²) in [6, 6.07) is 22.0. The second-order valence-electron chi connectivity index (χ2n) is 8.39. The molecule has 166 valence electrons. The first-order chi connectivity index (χ1) is 16.5. The zero-order valence-corrected chi connectivity index (χ0v) is 19.3. The molecule has 0 bridgehead atoms. The van der Waals surface area contributed by atoms with Crippen LogP contribution in [0.2, 0.25) is 0 Å². The Kier molecular flexibility index (Phi) is 5.52. The van der Waals surface area contributed by atoms with Crippen molar-refractivity contribution in [3.05, 3.63) is 88.5 Å². The van der Waals surface area contributed by atoms with Gasteiger partial charge in [0.25, 0.3) is 0 Å². The maximum Gasteiger partial charge on any atom is 0.232 e. The van der Waals surface area contributed by atoms with E-state index < -0.39 is 0 Å². The van der Waals surface area contributed by atoms with Crippen molar-refractivity contribution in [3.8, 4) is 28.8 Å². The Labute approximate surface area is 198 Å². The molecule has 0 aliphatic carbocycles. The Hall–Kier alpha value is -4.50. The van der Waals surface area contributed by atoms with Crippen LogP contribution in [-0.2, 0) is 6.42 Å². The van der Waals surface area contributed by atoms with Crippen molar-refractivity contribution < 1.29 is 4.74 Å². The number of rotatable bonds is 5. The fourth-order valence-electron chi connectivity index (χ4n) is 3.98. The molecule has 4 aromatic rings. The number of anilines is 2. The summed E-state index contributed by atoms with van der Waals surface area (Å²) in [5.41, 5.74) is 7.87. The largest absolute Gasteiger partial charge is 0.438 e. The van der Waals surface area contributed by atoms with Crippen LogP contribution in [0.25, 0.3) is 11.1 Å². The number of hydrogen-bond acceptors (Lipinski definition) is 6. The number of nitrogens with one attached hydrogen (secondary N) is 1. The number of fused-ring (bicyclic) bond motifs is 1. The Morgan fingerprint density at radius 2 is 1.59 bits per heavy atom. The number of benzene rings is 3. The van der Waals surface area contributed by atoms with Crippen molar-refractivity contribution in [2.24, 2.45) is 4.99 Å². The molecule has 0 unspecified atom stereocenters. The topological polar surface area (TPSA) is 83.2 Å². The molecule has 1 aromatic heterocycles. The summed E-state index contributed by atoms with van der Waals surface area (Å²) in [7, 11) is 0. The minimum atomic E-state index is 0.393. The normalized spacial score (nSPS) is 11.7. The molecular formula is C28H23N5O. The lowest BCUT2D eigenvalue weighted by Gasteiger charge is -2.16. The van der Waals surface area contributed by atoms with Gasteiger partial charge in [-0.2, -0.15) is 15.2 Å². The summed E-state index contributed by atoms with van der Waals surface area (Å²) >= 11 is 0. The van der Waals surface area contributed by atoms with Crippen LogP contribution in [0.4, 0.5) is 17.5 Å². The van der Waals surface area contributed by atoms with Gasteiger partial charge in [0.05, 0.1) is 17.2 Å². The van der Waals surface area contributed by atoms with Crippen LogP contribution in [0.3, 0.4) is 0 Å². The van der Waals surface area contributed by atoms with Gasteiger partial charge in [-0.1, -0.05) is 29.8 Å². The van der Waals surface area contributed by atoms with Crippen molar-refractivity contribution in [2.45, 2.75) is 27.2 Å². The summed E-state index contributed by atoms with van der Waals surface area (Å²) in [6.45, 7) is 6.19. The summed E-state index contributed by atoms with van der Waals surface area (Å²) in [5.74, 6) is 2.28. The highest BCUT2D eigenvalue weighted by Crippen LogP contribution is 2.38. The highest BCUT2D eigenvalue weighted by molar-refractivity contribution is 5.77. The van der Waals surface area contributed by atoms with E-state index in [4.69, 9.17) is 10.00 Å². The van der Waals surface area contributed by atoms with Gasteiger partial charge < -0.3 is 10.1 Å². The molecule has 3 aromatic carbocycles.